The lowest BCUT2D eigenvalue weighted by Crippen LogP contribution is -2.40. The van der Waals surface area contributed by atoms with E-state index in [1.54, 1.807) is 35.7 Å². The number of carbonyl (C=O) groups is 1. The summed E-state index contributed by atoms with van der Waals surface area (Å²) in [4.78, 5) is 39.4. The van der Waals surface area contributed by atoms with E-state index in [4.69, 9.17) is 4.74 Å². The van der Waals surface area contributed by atoms with Gasteiger partial charge in [-0.15, -0.1) is 11.3 Å². The zero-order valence-corrected chi connectivity index (χ0v) is 19.1. The maximum atomic E-state index is 13.4. The van der Waals surface area contributed by atoms with Crippen molar-refractivity contribution < 1.29 is 9.53 Å². The molecule has 4 aromatic rings. The average Bonchev–Trinajstić information content (AvgIpc) is 3.24. The van der Waals surface area contributed by atoms with Gasteiger partial charge in [0, 0.05) is 0 Å². The van der Waals surface area contributed by atoms with Crippen molar-refractivity contribution in [1.82, 2.24) is 9.13 Å². The van der Waals surface area contributed by atoms with Gasteiger partial charge in [-0.1, -0.05) is 12.1 Å². The normalized spacial score (nSPS) is 11.0. The number of hydrogen-bond acceptors (Lipinski definition) is 5. The maximum Gasteiger partial charge on any atom is 0.336 e. The average molecular weight is 450 g/mol. The molecular weight excluding hydrogens is 426 g/mol. The van der Waals surface area contributed by atoms with Crippen LogP contribution in [0.1, 0.15) is 16.7 Å². The molecule has 0 aliphatic heterocycles. The van der Waals surface area contributed by atoms with Crippen LogP contribution in [0.15, 0.2) is 57.4 Å². The number of fused-ring (bicyclic) bond motifs is 1. The van der Waals surface area contributed by atoms with Crippen molar-refractivity contribution in [3.05, 3.63) is 85.4 Å². The molecule has 2 aromatic carbocycles. The molecule has 0 aliphatic rings. The first kappa shape index (κ1) is 21.6. The van der Waals surface area contributed by atoms with Gasteiger partial charge in [0.05, 0.1) is 24.0 Å². The molecule has 8 heteroatoms. The van der Waals surface area contributed by atoms with Crippen LogP contribution in [0.3, 0.4) is 0 Å². The van der Waals surface area contributed by atoms with E-state index in [1.165, 1.54) is 23.0 Å². The third kappa shape index (κ3) is 3.85. The van der Waals surface area contributed by atoms with Crippen LogP contribution < -0.4 is 21.3 Å². The maximum absolute atomic E-state index is 13.4. The molecule has 7 nitrogen and oxygen atoms in total. The number of thiophene rings is 1. The number of aryl methyl sites for hydroxylation is 3. The highest BCUT2D eigenvalue weighted by molar-refractivity contribution is 7.17. The summed E-state index contributed by atoms with van der Waals surface area (Å²) < 4.78 is 8.20. The Morgan fingerprint density at radius 2 is 1.81 bits per heavy atom. The minimum Gasteiger partial charge on any atom is -0.495 e. The Bertz CT molecular complexity index is 1460. The minimum atomic E-state index is -0.560. The summed E-state index contributed by atoms with van der Waals surface area (Å²) in [7, 11) is 1.53. The third-order valence-corrected chi connectivity index (χ3v) is 6.33. The van der Waals surface area contributed by atoms with Gasteiger partial charge in [0.15, 0.2) is 0 Å². The Balaban J connectivity index is 1.80. The summed E-state index contributed by atoms with van der Waals surface area (Å²) in [6.45, 7) is 5.56. The number of nitrogens with one attached hydrogen (secondary N) is 1. The Hall–Kier alpha value is -3.65. The summed E-state index contributed by atoms with van der Waals surface area (Å²) in [5.74, 6) is 0.130. The largest absolute Gasteiger partial charge is 0.495 e. The molecule has 0 radical (unpaired) electrons. The fourth-order valence-corrected chi connectivity index (χ4v) is 4.41. The summed E-state index contributed by atoms with van der Waals surface area (Å²) in [6.07, 6.45) is 0. The first-order chi connectivity index (χ1) is 15.3. The number of rotatable bonds is 5. The predicted octanol–water partition coefficient (Wildman–Crippen LogP) is 3.79. The van der Waals surface area contributed by atoms with Crippen molar-refractivity contribution in [2.24, 2.45) is 0 Å². The van der Waals surface area contributed by atoms with Gasteiger partial charge in [0.25, 0.3) is 5.56 Å². The second-order valence-electron chi connectivity index (χ2n) is 7.66. The molecule has 0 saturated heterocycles. The quantitative estimate of drug-likeness (QED) is 0.503. The van der Waals surface area contributed by atoms with Crippen molar-refractivity contribution >= 4 is 33.1 Å². The van der Waals surface area contributed by atoms with Crippen LogP contribution in [-0.4, -0.2) is 22.2 Å². The zero-order valence-electron chi connectivity index (χ0n) is 18.3. The molecule has 1 N–H and O–H groups in total. The fourth-order valence-electron chi connectivity index (χ4n) is 3.59. The van der Waals surface area contributed by atoms with Gasteiger partial charge in [-0.3, -0.25) is 14.2 Å². The van der Waals surface area contributed by atoms with E-state index in [0.29, 0.717) is 27.3 Å². The lowest BCUT2D eigenvalue weighted by molar-refractivity contribution is -0.116. The van der Waals surface area contributed by atoms with E-state index < -0.39 is 11.6 Å². The lowest BCUT2D eigenvalue weighted by Gasteiger charge is -2.14. The van der Waals surface area contributed by atoms with Crippen LogP contribution >= 0.6 is 11.3 Å². The molecule has 0 spiro atoms. The van der Waals surface area contributed by atoms with Gasteiger partial charge < -0.3 is 10.1 Å². The number of methoxy groups -OCH3 is 1. The highest BCUT2D eigenvalue weighted by Crippen LogP contribution is 2.25. The standard InChI is InChI=1S/C24H23N3O4S/c1-14-5-8-20(31-4)18(11-14)25-21(28)13-26-19-9-10-32-22(19)23(29)27(24(26)30)17-7-6-15(2)16(3)12-17/h5-12H,13H2,1-4H3,(H,25,28). The van der Waals surface area contributed by atoms with Crippen molar-refractivity contribution in [2.45, 2.75) is 27.3 Å². The van der Waals surface area contributed by atoms with Gasteiger partial charge in [-0.25, -0.2) is 9.36 Å². The number of benzene rings is 2. The molecular formula is C24H23N3O4S. The molecule has 2 heterocycles. The second-order valence-corrected chi connectivity index (χ2v) is 8.58. The summed E-state index contributed by atoms with van der Waals surface area (Å²) >= 11 is 1.25. The molecule has 0 bridgehead atoms. The topological polar surface area (TPSA) is 82.3 Å². The molecule has 164 valence electrons. The van der Waals surface area contributed by atoms with E-state index in [0.717, 1.165) is 21.3 Å². The van der Waals surface area contributed by atoms with Crippen LogP contribution in [0.4, 0.5) is 5.69 Å². The Kier molecular flexibility index (Phi) is 5.71. The van der Waals surface area contributed by atoms with Crippen LogP contribution in [0.2, 0.25) is 0 Å². The van der Waals surface area contributed by atoms with Crippen LogP contribution in [0.5, 0.6) is 5.75 Å². The molecule has 0 unspecified atom stereocenters. The van der Waals surface area contributed by atoms with Gasteiger partial charge >= 0.3 is 5.69 Å². The van der Waals surface area contributed by atoms with Gasteiger partial charge in [0.2, 0.25) is 5.91 Å². The monoisotopic (exact) mass is 449 g/mol. The summed E-state index contributed by atoms with van der Waals surface area (Å²) in [5, 5.41) is 4.56. The van der Waals surface area contributed by atoms with E-state index in [2.05, 4.69) is 5.32 Å². The van der Waals surface area contributed by atoms with Crippen LogP contribution in [-0.2, 0) is 11.3 Å². The van der Waals surface area contributed by atoms with Gasteiger partial charge in [-0.05, 0) is 73.2 Å². The van der Waals surface area contributed by atoms with E-state index in [-0.39, 0.29) is 12.1 Å². The van der Waals surface area contributed by atoms with Gasteiger partial charge in [-0.2, -0.15) is 0 Å². The highest BCUT2D eigenvalue weighted by atomic mass is 32.1. The SMILES string of the molecule is COc1ccc(C)cc1NC(=O)Cn1c(=O)n(-c2ccc(C)c(C)c2)c(=O)c2sccc21. The molecule has 0 aliphatic carbocycles. The van der Waals surface area contributed by atoms with Crippen LogP contribution in [0, 0.1) is 20.8 Å². The first-order valence-corrected chi connectivity index (χ1v) is 10.9. The van der Waals surface area contributed by atoms with Crippen LogP contribution in [0.25, 0.3) is 15.9 Å². The van der Waals surface area contributed by atoms with Crippen molar-refractivity contribution in [3.8, 4) is 11.4 Å². The fraction of sp³-hybridized carbons (Fsp3) is 0.208. The Morgan fingerprint density at radius 3 is 2.53 bits per heavy atom. The summed E-state index contributed by atoms with van der Waals surface area (Å²) in [5.41, 5.74) is 3.48. The minimum absolute atomic E-state index is 0.242. The number of aromatic nitrogens is 2. The van der Waals surface area contributed by atoms with Gasteiger partial charge in [0.1, 0.15) is 17.0 Å². The molecule has 32 heavy (non-hydrogen) atoms. The molecule has 0 atom stereocenters. The predicted molar refractivity (Wildman–Crippen MR) is 128 cm³/mol. The Morgan fingerprint density at radius 1 is 1.03 bits per heavy atom. The molecule has 4 rings (SSSR count). The molecule has 2 aromatic heterocycles. The second kappa shape index (κ2) is 8.47. The van der Waals surface area contributed by atoms with Crippen molar-refractivity contribution in [1.29, 1.82) is 0 Å². The lowest BCUT2D eigenvalue weighted by atomic mass is 10.1. The zero-order chi connectivity index (χ0) is 23.0. The molecule has 0 saturated carbocycles. The van der Waals surface area contributed by atoms with Crippen molar-refractivity contribution in [3.63, 3.8) is 0 Å². The highest BCUT2D eigenvalue weighted by Gasteiger charge is 2.18. The van der Waals surface area contributed by atoms with E-state index >= 15 is 0 Å². The number of carbonyl (C=O) groups excluding carboxylic acids is 1. The first-order valence-electron chi connectivity index (χ1n) is 10.1. The number of hydrogen-bond donors (Lipinski definition) is 1. The number of amides is 1. The Labute approximate surface area is 188 Å². The molecule has 1 amide bonds. The summed E-state index contributed by atoms with van der Waals surface area (Å²) in [6, 6.07) is 12.6. The van der Waals surface area contributed by atoms with E-state index in [1.807, 2.05) is 32.9 Å². The number of ether oxygens (including phenoxy) is 1. The van der Waals surface area contributed by atoms with Crippen molar-refractivity contribution in [2.75, 3.05) is 12.4 Å². The van der Waals surface area contributed by atoms with E-state index in [9.17, 15) is 14.4 Å². The number of anilines is 1. The molecule has 0 fully saturated rings. The number of nitrogens with zero attached hydrogens (tertiary/aromatic N) is 2. The third-order valence-electron chi connectivity index (χ3n) is 5.43. The smallest absolute Gasteiger partial charge is 0.336 e.